The van der Waals surface area contributed by atoms with Gasteiger partial charge < -0.3 is 9.84 Å². The summed E-state index contributed by atoms with van der Waals surface area (Å²) in [7, 11) is 0. The molecule has 1 saturated heterocycles. The van der Waals surface area contributed by atoms with Crippen LogP contribution in [0.1, 0.15) is 13.8 Å². The van der Waals surface area contributed by atoms with Crippen molar-refractivity contribution in [1.82, 2.24) is 4.90 Å². The smallest absolute Gasteiger partial charge is 0.417 e. The lowest BCUT2D eigenvalue weighted by Gasteiger charge is -2.26. The molecule has 0 aromatic rings. The van der Waals surface area contributed by atoms with Crippen molar-refractivity contribution in [1.29, 1.82) is 0 Å². The van der Waals surface area contributed by atoms with Gasteiger partial charge in [0.2, 0.25) is 0 Å². The van der Waals surface area contributed by atoms with Gasteiger partial charge in [-0.05, 0) is 6.92 Å². The number of ketones is 1. The van der Waals surface area contributed by atoms with Crippen molar-refractivity contribution in [3.63, 3.8) is 0 Å². The second-order valence-electron chi connectivity index (χ2n) is 4.07. The largest absolute Gasteiger partial charge is 0.447 e. The fourth-order valence-corrected chi connectivity index (χ4v) is 1.35. The van der Waals surface area contributed by atoms with Crippen LogP contribution < -0.4 is 0 Å². The molecule has 0 spiro atoms. The van der Waals surface area contributed by atoms with Crippen LogP contribution in [0.3, 0.4) is 0 Å². The Kier molecular flexibility index (Phi) is 3.67. The third kappa shape index (κ3) is 2.36. The molecule has 0 radical (unpaired) electrons. The Morgan fingerprint density at radius 2 is 2.24 bits per heavy atom. The van der Waals surface area contributed by atoms with Gasteiger partial charge in [-0.3, -0.25) is 9.59 Å². The first-order valence-corrected chi connectivity index (χ1v) is 5.20. The third-order valence-corrected chi connectivity index (χ3v) is 2.90. The van der Waals surface area contributed by atoms with E-state index < -0.39 is 29.3 Å². The maximum Gasteiger partial charge on any atom is 0.417 e. The summed E-state index contributed by atoms with van der Waals surface area (Å²) in [6.07, 6.45) is 0.512. The Morgan fingerprint density at radius 1 is 1.65 bits per heavy atom. The van der Waals surface area contributed by atoms with Crippen molar-refractivity contribution in [2.45, 2.75) is 19.4 Å². The molecule has 1 aliphatic rings. The molecular weight excluding hydrogens is 226 g/mol. The van der Waals surface area contributed by atoms with Gasteiger partial charge in [0, 0.05) is 5.92 Å². The molecule has 1 fully saturated rings. The molecule has 1 N–H and O–H groups in total. The van der Waals surface area contributed by atoms with E-state index in [4.69, 9.17) is 0 Å². The van der Waals surface area contributed by atoms with Gasteiger partial charge in [-0.1, -0.05) is 13.0 Å². The molecule has 0 bridgehead atoms. The minimum absolute atomic E-state index is 0.0297. The number of amides is 2. The normalized spacial score (nSPS) is 20.4. The Balaban J connectivity index is 2.86. The fraction of sp³-hybridized carbons (Fsp3) is 0.545. The standard InChI is InChI=1S/C11H15NO5/c1-4-7(2)11(3,16)8(13)9(14)12-5-6-17-10(12)15/h4,7,16H,1,5-6H2,2-3H3/t7-,11-/m0/s1. The fourth-order valence-electron chi connectivity index (χ4n) is 1.35. The first-order chi connectivity index (χ1) is 7.82. The minimum Gasteiger partial charge on any atom is -0.447 e. The van der Waals surface area contributed by atoms with Gasteiger partial charge in [-0.2, -0.15) is 0 Å². The van der Waals surface area contributed by atoms with E-state index in [1.165, 1.54) is 13.0 Å². The molecule has 2 amide bonds. The number of carbonyl (C=O) groups excluding carboxylic acids is 3. The molecule has 0 aromatic heterocycles. The van der Waals surface area contributed by atoms with Crippen molar-refractivity contribution >= 4 is 17.8 Å². The third-order valence-electron chi connectivity index (χ3n) is 2.90. The lowest BCUT2D eigenvalue weighted by molar-refractivity contribution is -0.154. The number of hydrogen-bond acceptors (Lipinski definition) is 5. The molecule has 1 aliphatic heterocycles. The molecule has 0 aliphatic carbocycles. The monoisotopic (exact) mass is 241 g/mol. The van der Waals surface area contributed by atoms with Gasteiger partial charge in [0.15, 0.2) is 0 Å². The highest BCUT2D eigenvalue weighted by Gasteiger charge is 2.44. The Bertz CT molecular complexity index is 374. The van der Waals surface area contributed by atoms with Crippen molar-refractivity contribution in [2.24, 2.45) is 5.92 Å². The highest BCUT2D eigenvalue weighted by molar-refractivity contribution is 6.41. The number of nitrogens with zero attached hydrogens (tertiary/aromatic N) is 1. The van der Waals surface area contributed by atoms with Crippen LogP contribution in [-0.4, -0.2) is 46.5 Å². The van der Waals surface area contributed by atoms with Crippen molar-refractivity contribution in [2.75, 3.05) is 13.2 Å². The minimum atomic E-state index is -1.87. The number of rotatable bonds is 4. The van der Waals surface area contributed by atoms with E-state index >= 15 is 0 Å². The molecule has 0 aromatic carbocycles. The van der Waals surface area contributed by atoms with E-state index in [2.05, 4.69) is 11.3 Å². The van der Waals surface area contributed by atoms with E-state index in [9.17, 15) is 19.5 Å². The number of imide groups is 1. The van der Waals surface area contributed by atoms with Crippen LogP contribution in [-0.2, 0) is 14.3 Å². The zero-order valence-corrected chi connectivity index (χ0v) is 9.80. The number of aliphatic hydroxyl groups is 1. The van der Waals surface area contributed by atoms with Crippen LogP contribution in [0, 0.1) is 5.92 Å². The SMILES string of the molecule is C=C[C@H](C)[C@](C)(O)C(=O)C(=O)N1CCOC1=O. The topological polar surface area (TPSA) is 83.9 Å². The van der Waals surface area contributed by atoms with Crippen LogP contribution in [0.15, 0.2) is 12.7 Å². The number of Topliss-reactive ketones (excluding diaryl/α,β-unsaturated/α-hetero) is 1. The highest BCUT2D eigenvalue weighted by atomic mass is 16.6. The second-order valence-corrected chi connectivity index (χ2v) is 4.07. The maximum atomic E-state index is 11.8. The van der Waals surface area contributed by atoms with Gasteiger partial charge in [-0.15, -0.1) is 6.58 Å². The molecule has 0 saturated carbocycles. The second kappa shape index (κ2) is 4.67. The summed E-state index contributed by atoms with van der Waals surface area (Å²) in [5.74, 6) is -2.69. The van der Waals surface area contributed by atoms with Crippen LogP contribution in [0.25, 0.3) is 0 Å². The Morgan fingerprint density at radius 3 is 2.65 bits per heavy atom. The predicted molar refractivity (Wildman–Crippen MR) is 58.1 cm³/mol. The first kappa shape index (κ1) is 13.4. The maximum absolute atomic E-state index is 11.8. The summed E-state index contributed by atoms with van der Waals surface area (Å²) in [4.78, 5) is 35.3. The zero-order chi connectivity index (χ0) is 13.2. The summed E-state index contributed by atoms with van der Waals surface area (Å²) in [6, 6.07) is 0. The molecule has 6 nitrogen and oxygen atoms in total. The van der Waals surface area contributed by atoms with Crippen LogP contribution in [0.4, 0.5) is 4.79 Å². The number of carbonyl (C=O) groups is 3. The van der Waals surface area contributed by atoms with E-state index in [0.29, 0.717) is 4.90 Å². The zero-order valence-electron chi connectivity index (χ0n) is 9.80. The summed E-state index contributed by atoms with van der Waals surface area (Å²) in [5.41, 5.74) is -1.87. The predicted octanol–water partition coefficient (Wildman–Crippen LogP) is 0.107. The highest BCUT2D eigenvalue weighted by Crippen LogP contribution is 2.20. The molecule has 1 rings (SSSR count). The molecule has 6 heteroatoms. The molecule has 17 heavy (non-hydrogen) atoms. The Labute approximate surface area is 98.8 Å². The van der Waals surface area contributed by atoms with E-state index in [-0.39, 0.29) is 13.2 Å². The van der Waals surface area contributed by atoms with E-state index in [0.717, 1.165) is 0 Å². The van der Waals surface area contributed by atoms with Crippen molar-refractivity contribution in [3.8, 4) is 0 Å². The van der Waals surface area contributed by atoms with Crippen LogP contribution in [0.2, 0.25) is 0 Å². The summed E-state index contributed by atoms with van der Waals surface area (Å²) in [6.45, 7) is 6.33. The Hall–Kier alpha value is -1.69. The summed E-state index contributed by atoms with van der Waals surface area (Å²) >= 11 is 0. The lowest BCUT2D eigenvalue weighted by Crippen LogP contribution is -2.50. The van der Waals surface area contributed by atoms with Gasteiger partial charge in [-0.25, -0.2) is 9.69 Å². The van der Waals surface area contributed by atoms with Crippen molar-refractivity contribution in [3.05, 3.63) is 12.7 Å². The summed E-state index contributed by atoms with van der Waals surface area (Å²) < 4.78 is 4.55. The lowest BCUT2D eigenvalue weighted by atomic mass is 9.86. The van der Waals surface area contributed by atoms with Gasteiger partial charge in [0.25, 0.3) is 5.78 Å². The molecule has 1 heterocycles. The molecule has 0 unspecified atom stereocenters. The number of cyclic esters (lactones) is 1. The van der Waals surface area contributed by atoms with Gasteiger partial charge in [0.05, 0.1) is 6.54 Å². The van der Waals surface area contributed by atoms with Crippen LogP contribution in [0.5, 0.6) is 0 Å². The first-order valence-electron chi connectivity index (χ1n) is 5.20. The number of ether oxygens (including phenoxy) is 1. The average molecular weight is 241 g/mol. The molecular formula is C11H15NO5. The molecule has 94 valence electrons. The van der Waals surface area contributed by atoms with E-state index in [1.807, 2.05) is 0 Å². The molecule has 2 atom stereocenters. The number of hydrogen-bond donors (Lipinski definition) is 1. The quantitative estimate of drug-likeness (QED) is 0.557. The average Bonchev–Trinajstić information content (AvgIpc) is 2.72. The van der Waals surface area contributed by atoms with E-state index in [1.54, 1.807) is 6.92 Å². The van der Waals surface area contributed by atoms with Gasteiger partial charge >= 0.3 is 12.0 Å². The van der Waals surface area contributed by atoms with Crippen LogP contribution >= 0.6 is 0 Å². The summed E-state index contributed by atoms with van der Waals surface area (Å²) in [5, 5.41) is 9.95. The van der Waals surface area contributed by atoms with Crippen molar-refractivity contribution < 1.29 is 24.2 Å². The van der Waals surface area contributed by atoms with Gasteiger partial charge in [0.1, 0.15) is 12.2 Å².